The van der Waals surface area contributed by atoms with Crippen molar-refractivity contribution in [2.24, 2.45) is 0 Å². The molecule has 2 heterocycles. The van der Waals surface area contributed by atoms with Crippen LogP contribution in [0.4, 0.5) is 4.39 Å². The van der Waals surface area contributed by atoms with Crippen LogP contribution in [0, 0.1) is 5.82 Å². The van der Waals surface area contributed by atoms with E-state index in [1.54, 1.807) is 18.2 Å². The number of imidazole rings is 1. The molecule has 9 heteroatoms. The van der Waals surface area contributed by atoms with Crippen molar-refractivity contribution in [3.63, 3.8) is 0 Å². The number of nitrogens with zero attached hydrogens (tertiary/aromatic N) is 3. The van der Waals surface area contributed by atoms with E-state index in [2.05, 4.69) is 4.98 Å². The van der Waals surface area contributed by atoms with Crippen LogP contribution in [0.2, 0.25) is 0 Å². The number of sulfonamides is 1. The van der Waals surface area contributed by atoms with Gasteiger partial charge in [-0.2, -0.15) is 4.31 Å². The summed E-state index contributed by atoms with van der Waals surface area (Å²) in [5, 5.41) is 0. The highest BCUT2D eigenvalue weighted by atomic mass is 32.2. The van der Waals surface area contributed by atoms with E-state index in [1.165, 1.54) is 23.4 Å². The quantitative estimate of drug-likeness (QED) is 0.496. The van der Waals surface area contributed by atoms with Gasteiger partial charge in [-0.25, -0.2) is 17.8 Å². The molecule has 0 spiro atoms. The summed E-state index contributed by atoms with van der Waals surface area (Å²) < 4.78 is 48.9. The summed E-state index contributed by atoms with van der Waals surface area (Å²) in [7, 11) is -3.56. The van der Waals surface area contributed by atoms with Gasteiger partial charge in [0.15, 0.2) is 5.78 Å². The van der Waals surface area contributed by atoms with Gasteiger partial charge in [0, 0.05) is 19.6 Å². The molecule has 0 saturated carbocycles. The van der Waals surface area contributed by atoms with Crippen molar-refractivity contribution in [2.75, 3.05) is 13.1 Å². The van der Waals surface area contributed by atoms with Gasteiger partial charge in [-0.05, 0) is 63.1 Å². The number of carbonyl (C=O) groups is 1. The summed E-state index contributed by atoms with van der Waals surface area (Å²) >= 11 is 0. The molecule has 0 radical (unpaired) electrons. The minimum atomic E-state index is -3.56. The van der Waals surface area contributed by atoms with Crippen molar-refractivity contribution in [1.82, 2.24) is 13.9 Å². The molecule has 0 bridgehead atoms. The Labute approximate surface area is 186 Å². The van der Waals surface area contributed by atoms with Crippen molar-refractivity contribution >= 4 is 26.8 Å². The van der Waals surface area contributed by atoms with Crippen LogP contribution in [0.15, 0.2) is 41.3 Å². The highest BCUT2D eigenvalue weighted by molar-refractivity contribution is 7.89. The summed E-state index contributed by atoms with van der Waals surface area (Å²) in [6.45, 7) is 5.06. The number of piperidine rings is 1. The molecule has 170 valence electrons. The van der Waals surface area contributed by atoms with Crippen LogP contribution in [0.5, 0.6) is 5.75 Å². The highest BCUT2D eigenvalue weighted by Gasteiger charge is 2.26. The van der Waals surface area contributed by atoms with Crippen molar-refractivity contribution in [3.05, 3.63) is 53.6 Å². The number of benzene rings is 2. The lowest BCUT2D eigenvalue weighted by atomic mass is 10.1. The first-order valence-corrected chi connectivity index (χ1v) is 12.2. The van der Waals surface area contributed by atoms with Gasteiger partial charge >= 0.3 is 0 Å². The summed E-state index contributed by atoms with van der Waals surface area (Å²) in [5.74, 6) is 0.0673. The molecule has 0 aliphatic carbocycles. The van der Waals surface area contributed by atoms with Crippen LogP contribution in [0.1, 0.15) is 49.3 Å². The van der Waals surface area contributed by atoms with Gasteiger partial charge < -0.3 is 9.30 Å². The number of ketones is 1. The Kier molecular flexibility index (Phi) is 6.30. The Morgan fingerprint density at radius 2 is 1.88 bits per heavy atom. The number of fused-ring (bicyclic) bond motifs is 1. The summed E-state index contributed by atoms with van der Waals surface area (Å²) in [4.78, 5) is 16.7. The average molecular weight is 460 g/mol. The average Bonchev–Trinajstić information content (AvgIpc) is 3.15. The number of hydrogen-bond acceptors (Lipinski definition) is 5. The molecule has 7 nitrogen and oxygen atoms in total. The second kappa shape index (κ2) is 8.99. The molecule has 1 aliphatic rings. The fourth-order valence-electron chi connectivity index (χ4n) is 4.08. The topological polar surface area (TPSA) is 81.5 Å². The number of halogens is 1. The fourth-order valence-corrected chi connectivity index (χ4v) is 5.62. The van der Waals surface area contributed by atoms with Crippen LogP contribution in [-0.2, 0) is 23.2 Å². The van der Waals surface area contributed by atoms with E-state index >= 15 is 0 Å². The highest BCUT2D eigenvalue weighted by Crippen LogP contribution is 2.26. The van der Waals surface area contributed by atoms with E-state index in [0.29, 0.717) is 31.0 Å². The van der Waals surface area contributed by atoms with Gasteiger partial charge in [0.05, 0.1) is 21.5 Å². The third kappa shape index (κ3) is 4.27. The van der Waals surface area contributed by atoms with E-state index < -0.39 is 15.8 Å². The van der Waals surface area contributed by atoms with Crippen LogP contribution >= 0.6 is 0 Å². The number of hydrogen-bond donors (Lipinski definition) is 0. The number of ether oxygens (including phenoxy) is 1. The minimum Gasteiger partial charge on any atom is -0.485 e. The zero-order valence-electron chi connectivity index (χ0n) is 18.2. The first-order chi connectivity index (χ1) is 15.3. The Morgan fingerprint density at radius 3 is 2.56 bits per heavy atom. The van der Waals surface area contributed by atoms with Crippen LogP contribution in [-0.4, -0.2) is 41.1 Å². The maximum atomic E-state index is 13.5. The molecule has 4 rings (SSSR count). The zero-order chi connectivity index (χ0) is 22.9. The summed E-state index contributed by atoms with van der Waals surface area (Å²) in [6, 6.07) is 8.81. The molecule has 0 unspecified atom stereocenters. The summed E-state index contributed by atoms with van der Waals surface area (Å²) in [6.07, 6.45) is 2.80. The third-order valence-corrected chi connectivity index (χ3v) is 7.64. The Morgan fingerprint density at radius 1 is 1.12 bits per heavy atom. The first kappa shape index (κ1) is 22.4. The number of aromatic nitrogens is 2. The van der Waals surface area contributed by atoms with Crippen molar-refractivity contribution in [2.45, 2.75) is 51.2 Å². The SMILES string of the molecule is CCn1c(COc2ccc(F)cc2C(C)=O)nc2cc(S(=O)(=O)N3CCCCC3)ccc21. The predicted octanol–water partition coefficient (Wildman–Crippen LogP) is 4.15. The first-order valence-electron chi connectivity index (χ1n) is 10.7. The van der Waals surface area contributed by atoms with E-state index in [-0.39, 0.29) is 28.6 Å². The zero-order valence-corrected chi connectivity index (χ0v) is 19.0. The van der Waals surface area contributed by atoms with Gasteiger partial charge in [-0.3, -0.25) is 4.79 Å². The molecule has 0 N–H and O–H groups in total. The third-order valence-electron chi connectivity index (χ3n) is 5.75. The molecule has 1 fully saturated rings. The lowest BCUT2D eigenvalue weighted by Crippen LogP contribution is -2.35. The van der Waals surface area contributed by atoms with Crippen LogP contribution in [0.25, 0.3) is 11.0 Å². The van der Waals surface area contributed by atoms with Gasteiger partial charge in [0.25, 0.3) is 0 Å². The molecule has 2 aromatic carbocycles. The van der Waals surface area contributed by atoms with Crippen LogP contribution in [0.3, 0.4) is 0 Å². The number of aryl methyl sites for hydroxylation is 1. The lowest BCUT2D eigenvalue weighted by molar-refractivity contribution is 0.101. The monoisotopic (exact) mass is 459 g/mol. The van der Waals surface area contributed by atoms with Crippen molar-refractivity contribution < 1.29 is 22.3 Å². The van der Waals surface area contributed by atoms with Gasteiger partial charge in [0.2, 0.25) is 10.0 Å². The van der Waals surface area contributed by atoms with E-state index in [1.807, 2.05) is 11.5 Å². The molecule has 1 saturated heterocycles. The molecular formula is C23H26FN3O4S. The normalized spacial score (nSPS) is 15.2. The number of carbonyl (C=O) groups excluding carboxylic acids is 1. The minimum absolute atomic E-state index is 0.0582. The van der Waals surface area contributed by atoms with Crippen molar-refractivity contribution in [1.29, 1.82) is 0 Å². The smallest absolute Gasteiger partial charge is 0.243 e. The summed E-state index contributed by atoms with van der Waals surface area (Å²) in [5.41, 5.74) is 1.53. The molecule has 0 atom stereocenters. The maximum absolute atomic E-state index is 13.5. The molecular weight excluding hydrogens is 433 g/mol. The van der Waals surface area contributed by atoms with Crippen molar-refractivity contribution in [3.8, 4) is 5.75 Å². The number of Topliss-reactive ketones (excluding diaryl/α,β-unsaturated/α-hetero) is 1. The van der Waals surface area contributed by atoms with Gasteiger partial charge in [-0.15, -0.1) is 0 Å². The molecule has 32 heavy (non-hydrogen) atoms. The largest absolute Gasteiger partial charge is 0.485 e. The van der Waals surface area contributed by atoms with E-state index in [4.69, 9.17) is 4.74 Å². The van der Waals surface area contributed by atoms with E-state index in [0.717, 1.165) is 30.8 Å². The lowest BCUT2D eigenvalue weighted by Gasteiger charge is -2.25. The molecule has 3 aromatic rings. The molecule has 0 amide bonds. The molecule has 1 aromatic heterocycles. The Hall–Kier alpha value is -2.78. The van der Waals surface area contributed by atoms with Crippen LogP contribution < -0.4 is 4.74 Å². The van der Waals surface area contributed by atoms with E-state index in [9.17, 15) is 17.6 Å². The Balaban J connectivity index is 1.64. The second-order valence-electron chi connectivity index (χ2n) is 7.87. The predicted molar refractivity (Wildman–Crippen MR) is 119 cm³/mol. The number of rotatable bonds is 7. The maximum Gasteiger partial charge on any atom is 0.243 e. The van der Waals surface area contributed by atoms with Gasteiger partial charge in [0.1, 0.15) is 24.0 Å². The fraction of sp³-hybridized carbons (Fsp3) is 0.391. The standard InChI is InChI=1S/C23H26FN3O4S/c1-3-27-21-9-8-18(32(29,30)26-11-5-4-6-12-26)14-20(21)25-23(27)15-31-22-10-7-17(24)13-19(22)16(2)28/h7-10,13-14H,3-6,11-12,15H2,1-2H3. The Bertz CT molecular complexity index is 1260. The second-order valence-corrected chi connectivity index (χ2v) is 9.81. The van der Waals surface area contributed by atoms with Gasteiger partial charge in [-0.1, -0.05) is 6.42 Å². The molecule has 1 aliphatic heterocycles.